The van der Waals surface area contributed by atoms with Gasteiger partial charge in [0.05, 0.1) is 0 Å². The molecule has 0 fully saturated rings. The van der Waals surface area contributed by atoms with Crippen LogP contribution in [0.5, 0.6) is 0 Å². The van der Waals surface area contributed by atoms with Crippen LogP contribution >= 0.6 is 0 Å². The minimum absolute atomic E-state index is 0.621. The predicted molar refractivity (Wildman–Crippen MR) is 96.9 cm³/mol. The number of aryl methyl sites for hydroxylation is 1. The fraction of sp³-hybridized carbons (Fsp3) is 0.524. The lowest BCUT2D eigenvalue weighted by molar-refractivity contribution is 0.703. The van der Waals surface area contributed by atoms with Gasteiger partial charge in [0.2, 0.25) is 0 Å². The number of hydrogen-bond acceptors (Lipinski definition) is 0. The standard InChI is InChI=1S/C17H20.2C2H6/c1-4-13-7-8-15-10-11(2)9-14-6-5-12(3)16(13)17(14)15;2*1-2/h5-8,10-11,13H,4,9H2,1-3H3;2*1-2H3. The molecule has 1 aromatic rings. The van der Waals surface area contributed by atoms with Gasteiger partial charge in [-0.15, -0.1) is 0 Å². The third-order valence-electron chi connectivity index (χ3n) is 4.16. The van der Waals surface area contributed by atoms with E-state index in [1.807, 2.05) is 27.7 Å². The molecule has 0 nitrogen and oxygen atoms in total. The summed E-state index contributed by atoms with van der Waals surface area (Å²) in [6.45, 7) is 14.9. The molecule has 0 aromatic heterocycles. The second kappa shape index (κ2) is 8.22. The maximum absolute atomic E-state index is 2.44. The van der Waals surface area contributed by atoms with Gasteiger partial charge in [-0.3, -0.25) is 0 Å². The van der Waals surface area contributed by atoms with Crippen molar-refractivity contribution in [3.63, 3.8) is 0 Å². The molecule has 0 radical (unpaired) electrons. The second-order valence-electron chi connectivity index (χ2n) is 5.51. The first kappa shape index (κ1) is 17.8. The summed E-state index contributed by atoms with van der Waals surface area (Å²) in [6.07, 6.45) is 9.58. The summed E-state index contributed by atoms with van der Waals surface area (Å²) in [5.41, 5.74) is 7.61. The van der Waals surface area contributed by atoms with Crippen LogP contribution in [0.15, 0.2) is 30.4 Å². The molecule has 0 N–H and O–H groups in total. The van der Waals surface area contributed by atoms with Crippen LogP contribution in [0.3, 0.4) is 0 Å². The highest BCUT2D eigenvalue weighted by molar-refractivity contribution is 5.83. The molecule has 2 aliphatic carbocycles. The Labute approximate surface area is 132 Å². The fourth-order valence-electron chi connectivity index (χ4n) is 3.35. The van der Waals surface area contributed by atoms with Gasteiger partial charge in [-0.2, -0.15) is 0 Å². The monoisotopic (exact) mass is 284 g/mol. The van der Waals surface area contributed by atoms with Crippen molar-refractivity contribution in [1.82, 2.24) is 0 Å². The Morgan fingerprint density at radius 3 is 2.38 bits per heavy atom. The third-order valence-corrected chi connectivity index (χ3v) is 4.16. The molecule has 3 rings (SSSR count). The lowest BCUT2D eigenvalue weighted by Crippen LogP contribution is -2.14. The van der Waals surface area contributed by atoms with Crippen LogP contribution in [0, 0.1) is 12.8 Å². The SMILES string of the molecule is CC.CC.CCC1C=CC2=CC(C)Cc3ccc(C)c1c32. The van der Waals surface area contributed by atoms with Crippen molar-refractivity contribution in [2.75, 3.05) is 0 Å². The lowest BCUT2D eigenvalue weighted by atomic mass is 9.74. The molecule has 0 aliphatic heterocycles. The van der Waals surface area contributed by atoms with Crippen molar-refractivity contribution in [3.8, 4) is 0 Å². The zero-order chi connectivity index (χ0) is 16.0. The van der Waals surface area contributed by atoms with Gasteiger partial charge in [-0.25, -0.2) is 0 Å². The minimum atomic E-state index is 0.621. The Bertz CT molecular complexity index is 517. The van der Waals surface area contributed by atoms with Crippen molar-refractivity contribution in [1.29, 1.82) is 0 Å². The van der Waals surface area contributed by atoms with Gasteiger partial charge >= 0.3 is 0 Å². The Hall–Kier alpha value is -1.30. The maximum Gasteiger partial charge on any atom is 0.00275 e. The quantitative estimate of drug-likeness (QED) is 0.539. The first-order valence-corrected chi connectivity index (χ1v) is 8.73. The Morgan fingerprint density at radius 1 is 1.10 bits per heavy atom. The van der Waals surface area contributed by atoms with E-state index in [9.17, 15) is 0 Å². The molecule has 2 aliphatic rings. The molecule has 0 bridgehead atoms. The van der Waals surface area contributed by atoms with Gasteiger partial charge in [0.1, 0.15) is 0 Å². The maximum atomic E-state index is 2.44. The van der Waals surface area contributed by atoms with Crippen molar-refractivity contribution in [2.45, 2.75) is 67.2 Å². The summed E-state index contributed by atoms with van der Waals surface area (Å²) in [4.78, 5) is 0. The molecule has 116 valence electrons. The summed E-state index contributed by atoms with van der Waals surface area (Å²) in [7, 11) is 0. The van der Waals surface area contributed by atoms with Crippen LogP contribution in [0.1, 0.15) is 76.1 Å². The van der Waals surface area contributed by atoms with E-state index in [0.29, 0.717) is 11.8 Å². The van der Waals surface area contributed by atoms with E-state index in [2.05, 4.69) is 51.1 Å². The average molecular weight is 284 g/mol. The summed E-state index contributed by atoms with van der Waals surface area (Å²) < 4.78 is 0. The zero-order valence-corrected chi connectivity index (χ0v) is 15.0. The number of rotatable bonds is 1. The van der Waals surface area contributed by atoms with E-state index in [1.165, 1.54) is 24.0 Å². The van der Waals surface area contributed by atoms with Crippen LogP contribution in [0.4, 0.5) is 0 Å². The van der Waals surface area contributed by atoms with Gasteiger partial charge in [-0.05, 0) is 53.5 Å². The number of hydrogen-bond donors (Lipinski definition) is 0. The Balaban J connectivity index is 0.000000510. The molecule has 21 heavy (non-hydrogen) atoms. The average Bonchev–Trinajstić information content (AvgIpc) is 2.54. The topological polar surface area (TPSA) is 0 Å². The molecular weight excluding hydrogens is 252 g/mol. The minimum Gasteiger partial charge on any atom is -0.0764 e. The third kappa shape index (κ3) is 3.48. The van der Waals surface area contributed by atoms with Gasteiger partial charge < -0.3 is 0 Å². The smallest absolute Gasteiger partial charge is 0.00275 e. The first-order valence-electron chi connectivity index (χ1n) is 8.73. The lowest BCUT2D eigenvalue weighted by Gasteiger charge is -2.30. The molecule has 0 heterocycles. The predicted octanol–water partition coefficient (Wildman–Crippen LogP) is 6.69. The number of benzene rings is 1. The van der Waals surface area contributed by atoms with E-state index in [4.69, 9.17) is 0 Å². The molecule has 0 saturated heterocycles. The summed E-state index contributed by atoms with van der Waals surface area (Å²) >= 11 is 0. The largest absolute Gasteiger partial charge is 0.0764 e. The van der Waals surface area contributed by atoms with Crippen LogP contribution in [-0.2, 0) is 6.42 Å². The van der Waals surface area contributed by atoms with Crippen LogP contribution in [0.25, 0.3) is 5.57 Å². The van der Waals surface area contributed by atoms with Gasteiger partial charge in [0.25, 0.3) is 0 Å². The molecular formula is C21H32. The summed E-state index contributed by atoms with van der Waals surface area (Å²) in [6, 6.07) is 4.65. The highest BCUT2D eigenvalue weighted by Gasteiger charge is 2.25. The fourth-order valence-corrected chi connectivity index (χ4v) is 3.35. The van der Waals surface area contributed by atoms with E-state index in [-0.39, 0.29) is 0 Å². The van der Waals surface area contributed by atoms with E-state index >= 15 is 0 Å². The van der Waals surface area contributed by atoms with Crippen LogP contribution in [0.2, 0.25) is 0 Å². The molecule has 0 spiro atoms. The second-order valence-corrected chi connectivity index (χ2v) is 5.51. The molecule has 2 atom stereocenters. The Morgan fingerprint density at radius 2 is 1.76 bits per heavy atom. The zero-order valence-electron chi connectivity index (χ0n) is 15.0. The van der Waals surface area contributed by atoms with Crippen molar-refractivity contribution >= 4 is 5.57 Å². The van der Waals surface area contributed by atoms with Gasteiger partial charge in [-0.1, -0.05) is 71.9 Å². The van der Waals surface area contributed by atoms with E-state index in [1.54, 1.807) is 16.7 Å². The van der Waals surface area contributed by atoms with Crippen LogP contribution in [-0.4, -0.2) is 0 Å². The highest BCUT2D eigenvalue weighted by Crippen LogP contribution is 2.42. The van der Waals surface area contributed by atoms with Crippen molar-refractivity contribution in [2.24, 2.45) is 5.92 Å². The van der Waals surface area contributed by atoms with E-state index < -0.39 is 0 Å². The molecule has 0 amide bonds. The van der Waals surface area contributed by atoms with E-state index in [0.717, 1.165) is 0 Å². The molecule has 2 unspecified atom stereocenters. The van der Waals surface area contributed by atoms with Gasteiger partial charge in [0.15, 0.2) is 0 Å². The normalized spacial score (nSPS) is 21.2. The summed E-state index contributed by atoms with van der Waals surface area (Å²) in [5, 5.41) is 0. The van der Waals surface area contributed by atoms with Crippen LogP contribution < -0.4 is 0 Å². The highest BCUT2D eigenvalue weighted by atomic mass is 14.3. The molecule has 0 heteroatoms. The Kier molecular flexibility index (Phi) is 6.95. The molecule has 0 saturated carbocycles. The summed E-state index contributed by atoms with van der Waals surface area (Å²) in [5.74, 6) is 1.30. The number of allylic oxidation sites excluding steroid dienone is 4. The van der Waals surface area contributed by atoms with Crippen molar-refractivity contribution in [3.05, 3.63) is 52.6 Å². The molecule has 1 aromatic carbocycles. The van der Waals surface area contributed by atoms with Crippen molar-refractivity contribution < 1.29 is 0 Å². The van der Waals surface area contributed by atoms with Gasteiger partial charge in [0, 0.05) is 5.92 Å². The first-order chi connectivity index (χ1) is 10.2.